The van der Waals surface area contributed by atoms with E-state index >= 15 is 0 Å². The number of rotatable bonds is 2. The summed E-state index contributed by atoms with van der Waals surface area (Å²) in [5, 5.41) is 0. The van der Waals surface area contributed by atoms with Crippen LogP contribution in [-0.4, -0.2) is 29.5 Å². The minimum absolute atomic E-state index is 0. The fraction of sp³-hybridized carbons (Fsp3) is 0.500. The van der Waals surface area contributed by atoms with Crippen LogP contribution in [0, 0.1) is 5.92 Å². The molecule has 4 heteroatoms. The van der Waals surface area contributed by atoms with Gasteiger partial charge in [0.2, 0.25) is 5.88 Å². The van der Waals surface area contributed by atoms with Crippen LogP contribution in [0.15, 0.2) is 42.6 Å². The van der Waals surface area contributed by atoms with E-state index in [4.69, 9.17) is 4.74 Å². The molecule has 0 N–H and O–H groups in total. The third-order valence-corrected chi connectivity index (χ3v) is 6.95. The van der Waals surface area contributed by atoms with Crippen LogP contribution < -0.4 is 4.74 Å². The molecule has 0 unspecified atom stereocenters. The molecule has 3 aliphatic rings. The third-order valence-electron chi connectivity index (χ3n) is 6.95. The second-order valence-corrected chi connectivity index (χ2v) is 8.10. The Morgan fingerprint density at radius 3 is 2.92 bits per heavy atom. The van der Waals surface area contributed by atoms with Gasteiger partial charge in [-0.3, -0.25) is 0 Å². The predicted octanol–water partition coefficient (Wildman–Crippen LogP) is 4.98. The van der Waals surface area contributed by atoms with Crippen molar-refractivity contribution in [2.75, 3.05) is 13.6 Å². The summed E-state index contributed by atoms with van der Waals surface area (Å²) in [5.74, 6) is 2.43. The van der Waals surface area contributed by atoms with E-state index in [1.807, 2.05) is 18.2 Å². The molecule has 1 saturated carbocycles. The van der Waals surface area contributed by atoms with Gasteiger partial charge in [0.15, 0.2) is 0 Å². The Bertz CT molecular complexity index is 781. The van der Waals surface area contributed by atoms with Gasteiger partial charge in [-0.1, -0.05) is 25.0 Å². The lowest BCUT2D eigenvalue weighted by Crippen LogP contribution is -2.59. The minimum atomic E-state index is 0. The summed E-state index contributed by atoms with van der Waals surface area (Å²) in [7, 11) is 2.33. The first kappa shape index (κ1) is 17.8. The van der Waals surface area contributed by atoms with Gasteiger partial charge in [-0.25, -0.2) is 4.98 Å². The second-order valence-electron chi connectivity index (χ2n) is 8.10. The number of hydrogen-bond donors (Lipinski definition) is 0. The average molecular weight is 371 g/mol. The number of likely N-dealkylation sites (tertiary alicyclic amines) is 1. The largest absolute Gasteiger partial charge is 0.439 e. The van der Waals surface area contributed by atoms with Gasteiger partial charge in [0, 0.05) is 23.7 Å². The van der Waals surface area contributed by atoms with Gasteiger partial charge in [0.05, 0.1) is 0 Å². The summed E-state index contributed by atoms with van der Waals surface area (Å²) in [6.07, 6.45) is 9.79. The molecule has 3 atom stereocenters. The lowest BCUT2D eigenvalue weighted by Gasteiger charge is -2.58. The van der Waals surface area contributed by atoms with E-state index in [0.29, 0.717) is 11.3 Å². The highest BCUT2D eigenvalue weighted by Crippen LogP contribution is 2.56. The fourth-order valence-electron chi connectivity index (χ4n) is 5.77. The number of fused-ring (bicyclic) bond motifs is 1. The van der Waals surface area contributed by atoms with Crippen molar-refractivity contribution in [3.63, 3.8) is 0 Å². The number of likely N-dealkylation sites (N-methyl/N-ethyl adjacent to an activating group) is 1. The van der Waals surface area contributed by atoms with Gasteiger partial charge < -0.3 is 9.64 Å². The van der Waals surface area contributed by atoms with E-state index < -0.39 is 0 Å². The summed E-state index contributed by atoms with van der Waals surface area (Å²) >= 11 is 0. The summed E-state index contributed by atoms with van der Waals surface area (Å²) in [5.41, 5.74) is 3.50. The van der Waals surface area contributed by atoms with Crippen molar-refractivity contribution in [2.24, 2.45) is 5.92 Å². The summed E-state index contributed by atoms with van der Waals surface area (Å²) < 4.78 is 6.06. The van der Waals surface area contributed by atoms with Crippen LogP contribution in [0.4, 0.5) is 0 Å². The summed E-state index contributed by atoms with van der Waals surface area (Å²) in [6, 6.07) is 13.3. The van der Waals surface area contributed by atoms with Gasteiger partial charge >= 0.3 is 0 Å². The van der Waals surface area contributed by atoms with Gasteiger partial charge in [0.1, 0.15) is 5.75 Å². The number of hydrogen-bond acceptors (Lipinski definition) is 3. The molecule has 1 aromatic carbocycles. The van der Waals surface area contributed by atoms with Crippen LogP contribution in [-0.2, 0) is 11.8 Å². The molecule has 26 heavy (non-hydrogen) atoms. The second kappa shape index (κ2) is 6.86. The van der Waals surface area contributed by atoms with Crippen LogP contribution >= 0.6 is 12.4 Å². The number of piperidine rings is 1. The first-order valence-corrected chi connectivity index (χ1v) is 9.69. The zero-order chi connectivity index (χ0) is 16.9. The monoisotopic (exact) mass is 370 g/mol. The molecule has 1 aliphatic heterocycles. The van der Waals surface area contributed by atoms with Gasteiger partial charge in [-0.15, -0.1) is 12.4 Å². The first-order valence-electron chi connectivity index (χ1n) is 9.69. The Kier molecular flexibility index (Phi) is 4.70. The average Bonchev–Trinajstić information content (AvgIpc) is 2.66. The number of aromatic nitrogens is 1. The maximum absolute atomic E-state index is 6.06. The number of halogens is 1. The van der Waals surface area contributed by atoms with Crippen molar-refractivity contribution < 1.29 is 4.74 Å². The molecule has 2 fully saturated rings. The molecule has 1 aromatic heterocycles. The molecule has 2 heterocycles. The van der Waals surface area contributed by atoms with E-state index in [9.17, 15) is 0 Å². The normalized spacial score (nSPS) is 29.9. The Balaban J connectivity index is 0.00000168. The summed E-state index contributed by atoms with van der Waals surface area (Å²) in [6.45, 7) is 1.23. The maximum atomic E-state index is 6.06. The number of nitrogens with zero attached hydrogens (tertiary/aromatic N) is 2. The molecular formula is C22H27ClN2O. The smallest absolute Gasteiger partial charge is 0.219 e. The van der Waals surface area contributed by atoms with E-state index in [1.165, 1.54) is 45.1 Å². The van der Waals surface area contributed by atoms with Crippen molar-refractivity contribution in [2.45, 2.75) is 50.0 Å². The van der Waals surface area contributed by atoms with E-state index in [0.717, 1.165) is 17.7 Å². The zero-order valence-corrected chi connectivity index (χ0v) is 16.2. The molecule has 0 spiro atoms. The topological polar surface area (TPSA) is 25.4 Å². The van der Waals surface area contributed by atoms with E-state index in [2.05, 4.69) is 35.1 Å². The molecule has 2 aromatic rings. The standard InChI is InChI=1S/C22H26N2O.ClH/c1-24-13-11-22-10-4-2-6-18(22)20(24)14-16-8-9-17(15-19(16)22)25-21-7-3-5-12-23-21;/h3,5,7-9,12,15,18,20H,2,4,6,10-11,13-14H2,1H3;1H/t18-,20+,22+;/m0./s1. The first-order chi connectivity index (χ1) is 12.3. The Morgan fingerprint density at radius 1 is 1.15 bits per heavy atom. The van der Waals surface area contributed by atoms with Gasteiger partial charge in [-0.05, 0) is 74.5 Å². The van der Waals surface area contributed by atoms with Crippen molar-refractivity contribution in [3.8, 4) is 11.6 Å². The van der Waals surface area contributed by atoms with Crippen molar-refractivity contribution in [1.29, 1.82) is 0 Å². The maximum Gasteiger partial charge on any atom is 0.219 e. The molecule has 3 nitrogen and oxygen atoms in total. The van der Waals surface area contributed by atoms with Gasteiger partial charge in [0.25, 0.3) is 0 Å². The highest BCUT2D eigenvalue weighted by atomic mass is 35.5. The third kappa shape index (κ3) is 2.73. The predicted molar refractivity (Wildman–Crippen MR) is 106 cm³/mol. The van der Waals surface area contributed by atoms with E-state index in [-0.39, 0.29) is 12.4 Å². The Morgan fingerprint density at radius 2 is 2.08 bits per heavy atom. The molecule has 5 rings (SSSR count). The fourth-order valence-corrected chi connectivity index (χ4v) is 5.77. The lowest BCUT2D eigenvalue weighted by atomic mass is 9.52. The number of pyridine rings is 1. The Labute approximate surface area is 162 Å². The minimum Gasteiger partial charge on any atom is -0.439 e. The molecular weight excluding hydrogens is 344 g/mol. The van der Waals surface area contributed by atoms with Crippen LogP contribution in [0.5, 0.6) is 11.6 Å². The summed E-state index contributed by atoms with van der Waals surface area (Å²) in [4.78, 5) is 6.93. The highest BCUT2D eigenvalue weighted by Gasteiger charge is 2.53. The lowest BCUT2D eigenvalue weighted by molar-refractivity contribution is 0.00276. The number of benzene rings is 1. The highest BCUT2D eigenvalue weighted by molar-refractivity contribution is 5.85. The van der Waals surface area contributed by atoms with Crippen LogP contribution in [0.2, 0.25) is 0 Å². The zero-order valence-electron chi connectivity index (χ0n) is 15.4. The van der Waals surface area contributed by atoms with Gasteiger partial charge in [-0.2, -0.15) is 0 Å². The Hall–Kier alpha value is -1.58. The molecule has 2 bridgehead atoms. The SMILES string of the molecule is CN1CC[C@]23CCCC[C@H]2[C@H]1Cc1ccc(Oc2ccccn2)cc13.Cl. The van der Waals surface area contributed by atoms with Crippen LogP contribution in [0.3, 0.4) is 0 Å². The quantitative estimate of drug-likeness (QED) is 0.745. The molecule has 138 valence electrons. The van der Waals surface area contributed by atoms with Crippen molar-refractivity contribution in [1.82, 2.24) is 9.88 Å². The number of ether oxygens (including phenoxy) is 1. The molecule has 1 saturated heterocycles. The van der Waals surface area contributed by atoms with Crippen molar-refractivity contribution >= 4 is 12.4 Å². The molecule has 2 aliphatic carbocycles. The van der Waals surface area contributed by atoms with Crippen molar-refractivity contribution in [3.05, 3.63) is 53.7 Å². The molecule has 0 radical (unpaired) electrons. The van der Waals surface area contributed by atoms with Crippen LogP contribution in [0.1, 0.15) is 43.2 Å². The van der Waals surface area contributed by atoms with Crippen LogP contribution in [0.25, 0.3) is 0 Å². The molecule has 0 amide bonds. The van der Waals surface area contributed by atoms with E-state index in [1.54, 1.807) is 17.3 Å².